The van der Waals surface area contributed by atoms with Crippen LogP contribution in [0.25, 0.3) is 0 Å². The first kappa shape index (κ1) is 15.7. The van der Waals surface area contributed by atoms with Crippen molar-refractivity contribution in [3.63, 3.8) is 0 Å². The summed E-state index contributed by atoms with van der Waals surface area (Å²) >= 11 is 6.26. The minimum atomic E-state index is 0.217. The average molecular weight is 305 g/mol. The van der Waals surface area contributed by atoms with Crippen molar-refractivity contribution in [3.8, 4) is 0 Å². The minimum Gasteiger partial charge on any atom is -0.369 e. The molecule has 1 aromatic carbocycles. The van der Waals surface area contributed by atoms with Crippen molar-refractivity contribution in [1.82, 2.24) is 14.9 Å². The van der Waals surface area contributed by atoms with E-state index in [9.17, 15) is 0 Å². The fraction of sp³-hybridized carbons (Fsp3) is 0.375. The Morgan fingerprint density at radius 2 is 2.00 bits per heavy atom. The van der Waals surface area contributed by atoms with Crippen LogP contribution in [0, 0.1) is 0 Å². The molecule has 0 bridgehead atoms. The molecule has 0 aliphatic carbocycles. The summed E-state index contributed by atoms with van der Waals surface area (Å²) in [4.78, 5) is 11.0. The highest BCUT2D eigenvalue weighted by atomic mass is 35.5. The Morgan fingerprint density at radius 3 is 2.62 bits per heavy atom. The molecule has 4 nitrogen and oxygen atoms in total. The van der Waals surface area contributed by atoms with Gasteiger partial charge in [-0.05, 0) is 32.5 Å². The van der Waals surface area contributed by atoms with Crippen molar-refractivity contribution in [2.45, 2.75) is 26.4 Å². The molecular weight excluding hydrogens is 284 g/mol. The van der Waals surface area contributed by atoms with Crippen LogP contribution >= 0.6 is 11.6 Å². The second kappa shape index (κ2) is 7.38. The molecule has 0 saturated heterocycles. The van der Waals surface area contributed by atoms with E-state index in [4.69, 9.17) is 11.6 Å². The Labute approximate surface area is 131 Å². The van der Waals surface area contributed by atoms with Gasteiger partial charge < -0.3 is 5.32 Å². The van der Waals surface area contributed by atoms with Gasteiger partial charge >= 0.3 is 0 Å². The predicted octanol–water partition coefficient (Wildman–Crippen LogP) is 3.75. The third kappa shape index (κ3) is 4.16. The maximum absolute atomic E-state index is 6.26. The Balaban J connectivity index is 2.03. The molecule has 0 saturated carbocycles. The van der Waals surface area contributed by atoms with Gasteiger partial charge in [0.2, 0.25) is 0 Å². The lowest BCUT2D eigenvalue weighted by atomic mass is 10.1. The Hall–Kier alpha value is -1.65. The van der Waals surface area contributed by atoms with Crippen molar-refractivity contribution < 1.29 is 0 Å². The monoisotopic (exact) mass is 304 g/mol. The van der Waals surface area contributed by atoms with Gasteiger partial charge in [0.15, 0.2) is 0 Å². The molecule has 1 N–H and O–H groups in total. The number of nitrogens with one attached hydrogen (secondary N) is 1. The van der Waals surface area contributed by atoms with Crippen LogP contribution in [0.1, 0.15) is 31.1 Å². The second-order valence-corrected chi connectivity index (χ2v) is 5.44. The molecule has 0 fully saturated rings. The van der Waals surface area contributed by atoms with Gasteiger partial charge in [-0.15, -0.1) is 0 Å². The largest absolute Gasteiger partial charge is 0.369 e. The molecule has 1 unspecified atom stereocenters. The van der Waals surface area contributed by atoms with Crippen LogP contribution in [0.3, 0.4) is 0 Å². The maximum Gasteiger partial charge on any atom is 0.144 e. The average Bonchev–Trinajstić information content (AvgIpc) is 2.49. The number of hydrogen-bond donors (Lipinski definition) is 1. The zero-order chi connectivity index (χ0) is 15.2. The molecule has 0 aliphatic rings. The van der Waals surface area contributed by atoms with Gasteiger partial charge in [0.1, 0.15) is 5.82 Å². The molecule has 1 atom stereocenters. The normalized spacial score (nSPS) is 12.4. The quantitative estimate of drug-likeness (QED) is 0.882. The molecule has 1 aromatic heterocycles. The SMILES string of the molecule is CCNc1cnc(CN(C)C(C)c2ccccc2Cl)cn1. The molecule has 21 heavy (non-hydrogen) atoms. The van der Waals surface area contributed by atoms with E-state index < -0.39 is 0 Å². The van der Waals surface area contributed by atoms with E-state index in [0.717, 1.165) is 35.2 Å². The van der Waals surface area contributed by atoms with E-state index in [2.05, 4.69) is 40.2 Å². The van der Waals surface area contributed by atoms with Crippen LogP contribution in [0.5, 0.6) is 0 Å². The maximum atomic E-state index is 6.26. The van der Waals surface area contributed by atoms with E-state index >= 15 is 0 Å². The highest BCUT2D eigenvalue weighted by Crippen LogP contribution is 2.26. The number of rotatable bonds is 6. The highest BCUT2D eigenvalue weighted by molar-refractivity contribution is 6.31. The molecule has 2 rings (SSSR count). The summed E-state index contributed by atoms with van der Waals surface area (Å²) in [5, 5.41) is 3.94. The van der Waals surface area contributed by atoms with Crippen LogP contribution in [-0.4, -0.2) is 28.5 Å². The van der Waals surface area contributed by atoms with Crippen LogP contribution in [0.15, 0.2) is 36.7 Å². The number of anilines is 1. The molecule has 0 radical (unpaired) electrons. The topological polar surface area (TPSA) is 41.1 Å². The van der Waals surface area contributed by atoms with Crippen molar-refractivity contribution in [2.24, 2.45) is 0 Å². The van der Waals surface area contributed by atoms with Gasteiger partial charge in [-0.25, -0.2) is 4.98 Å². The van der Waals surface area contributed by atoms with E-state index in [-0.39, 0.29) is 6.04 Å². The lowest BCUT2D eigenvalue weighted by Crippen LogP contribution is -2.22. The molecule has 0 amide bonds. The summed E-state index contributed by atoms with van der Waals surface area (Å²) in [6.45, 7) is 5.75. The molecular formula is C16H21ClN4. The van der Waals surface area contributed by atoms with E-state index in [1.807, 2.05) is 31.3 Å². The molecule has 0 aliphatic heterocycles. The number of halogens is 1. The highest BCUT2D eigenvalue weighted by Gasteiger charge is 2.15. The molecule has 0 spiro atoms. The fourth-order valence-electron chi connectivity index (χ4n) is 2.15. The Bertz CT molecular complexity index is 571. The lowest BCUT2D eigenvalue weighted by molar-refractivity contribution is 0.250. The summed E-state index contributed by atoms with van der Waals surface area (Å²) in [5.74, 6) is 0.808. The fourth-order valence-corrected chi connectivity index (χ4v) is 2.45. The van der Waals surface area contributed by atoms with E-state index in [0.29, 0.717) is 0 Å². The summed E-state index contributed by atoms with van der Waals surface area (Å²) in [7, 11) is 2.06. The molecule has 112 valence electrons. The Kier molecular flexibility index (Phi) is 5.53. The summed E-state index contributed by atoms with van der Waals surface area (Å²) in [5.41, 5.74) is 2.07. The van der Waals surface area contributed by atoms with Gasteiger partial charge in [-0.3, -0.25) is 9.88 Å². The smallest absolute Gasteiger partial charge is 0.144 e. The van der Waals surface area contributed by atoms with Crippen LogP contribution in [0.4, 0.5) is 5.82 Å². The van der Waals surface area contributed by atoms with Crippen LogP contribution in [0.2, 0.25) is 5.02 Å². The number of aromatic nitrogens is 2. The van der Waals surface area contributed by atoms with Crippen LogP contribution < -0.4 is 5.32 Å². The van der Waals surface area contributed by atoms with Gasteiger partial charge in [0.05, 0.1) is 18.1 Å². The number of benzene rings is 1. The van der Waals surface area contributed by atoms with Gasteiger partial charge in [-0.2, -0.15) is 0 Å². The summed E-state index contributed by atoms with van der Waals surface area (Å²) in [6.07, 6.45) is 3.58. The van der Waals surface area contributed by atoms with Gasteiger partial charge in [0, 0.05) is 24.2 Å². The van der Waals surface area contributed by atoms with Crippen molar-refractivity contribution in [2.75, 3.05) is 18.9 Å². The third-order valence-electron chi connectivity index (χ3n) is 3.49. The van der Waals surface area contributed by atoms with E-state index in [1.54, 1.807) is 6.20 Å². The zero-order valence-corrected chi connectivity index (χ0v) is 13.4. The second-order valence-electron chi connectivity index (χ2n) is 5.04. The van der Waals surface area contributed by atoms with Crippen molar-refractivity contribution in [3.05, 3.63) is 52.9 Å². The summed E-state index contributed by atoms with van der Waals surface area (Å²) in [6, 6.07) is 8.16. The van der Waals surface area contributed by atoms with Crippen LogP contribution in [-0.2, 0) is 6.54 Å². The molecule has 2 aromatic rings. The standard InChI is InChI=1S/C16H21ClN4/c1-4-18-16-10-19-13(9-20-16)11-21(3)12(2)14-7-5-6-8-15(14)17/h5-10,12H,4,11H2,1-3H3,(H,18,20). The predicted molar refractivity (Wildman–Crippen MR) is 87.5 cm³/mol. The zero-order valence-electron chi connectivity index (χ0n) is 12.7. The van der Waals surface area contributed by atoms with Gasteiger partial charge in [-0.1, -0.05) is 29.8 Å². The molecule has 5 heteroatoms. The first-order valence-electron chi connectivity index (χ1n) is 7.11. The van der Waals surface area contributed by atoms with E-state index in [1.165, 1.54) is 0 Å². The first-order valence-corrected chi connectivity index (χ1v) is 7.49. The number of hydrogen-bond acceptors (Lipinski definition) is 4. The van der Waals surface area contributed by atoms with Crippen molar-refractivity contribution >= 4 is 17.4 Å². The first-order chi connectivity index (χ1) is 10.1. The Morgan fingerprint density at radius 1 is 1.24 bits per heavy atom. The third-order valence-corrected chi connectivity index (χ3v) is 3.84. The number of nitrogens with zero attached hydrogens (tertiary/aromatic N) is 3. The van der Waals surface area contributed by atoms with Crippen molar-refractivity contribution in [1.29, 1.82) is 0 Å². The molecule has 1 heterocycles. The summed E-state index contributed by atoms with van der Waals surface area (Å²) < 4.78 is 0. The van der Waals surface area contributed by atoms with Gasteiger partial charge in [0.25, 0.3) is 0 Å². The lowest BCUT2D eigenvalue weighted by Gasteiger charge is -2.25. The minimum absolute atomic E-state index is 0.217.